The van der Waals surface area contributed by atoms with Gasteiger partial charge in [0, 0.05) is 31.8 Å². The maximum absolute atomic E-state index is 12.8. The zero-order chi connectivity index (χ0) is 17.6. The number of nitrogens with zero attached hydrogens (tertiary/aromatic N) is 1. The molecule has 1 aromatic heterocycles. The number of hydrogen-bond donors (Lipinski definition) is 0. The Labute approximate surface area is 144 Å². The summed E-state index contributed by atoms with van der Waals surface area (Å²) in [5.74, 6) is 0.687. The molecule has 1 amide bonds. The van der Waals surface area contributed by atoms with Gasteiger partial charge in [0.05, 0.1) is 0 Å². The van der Waals surface area contributed by atoms with Crippen LogP contribution in [0.25, 0.3) is 0 Å². The quantitative estimate of drug-likeness (QED) is 0.764. The van der Waals surface area contributed by atoms with Crippen molar-refractivity contribution >= 4 is 12.1 Å². The highest BCUT2D eigenvalue weighted by Crippen LogP contribution is 2.36. The van der Waals surface area contributed by atoms with E-state index in [4.69, 9.17) is 13.9 Å². The van der Waals surface area contributed by atoms with E-state index in [1.807, 2.05) is 6.07 Å². The minimum atomic E-state index is -0.650. The second-order valence-corrected chi connectivity index (χ2v) is 7.24. The highest BCUT2D eigenvalue weighted by Gasteiger charge is 2.45. The number of aryl methyl sites for hydroxylation is 1. The fraction of sp³-hybridized carbons (Fsp3) is 0.611. The summed E-state index contributed by atoms with van der Waals surface area (Å²) in [6, 6.07) is 1.83. The first-order valence-electron chi connectivity index (χ1n) is 8.77. The summed E-state index contributed by atoms with van der Waals surface area (Å²) in [6.45, 7) is 2.84. The molecule has 0 N–H and O–H groups in total. The molecule has 1 spiro atoms. The molecule has 7 nitrogen and oxygen atoms in total. The predicted octanol–water partition coefficient (Wildman–Crippen LogP) is 2.36. The number of carbonyl (C=O) groups excluding carboxylic acids is 2. The molecule has 3 heterocycles. The summed E-state index contributed by atoms with van der Waals surface area (Å²) in [4.78, 5) is 38.0. The van der Waals surface area contributed by atoms with E-state index < -0.39 is 17.4 Å². The molecule has 25 heavy (non-hydrogen) atoms. The number of carbonyl (C=O) groups is 2. The molecule has 0 atom stereocenters. The van der Waals surface area contributed by atoms with Gasteiger partial charge in [-0.1, -0.05) is 6.42 Å². The summed E-state index contributed by atoms with van der Waals surface area (Å²) >= 11 is 0. The molecule has 134 valence electrons. The Balaban J connectivity index is 1.50. The number of ether oxygens (including phenoxy) is 2. The molecular formula is C18H21NO6. The minimum absolute atomic E-state index is 0.110. The third-order valence-electron chi connectivity index (χ3n) is 5.60. The zero-order valence-corrected chi connectivity index (χ0v) is 14.2. The highest BCUT2D eigenvalue weighted by atomic mass is 16.8. The molecule has 1 saturated carbocycles. The Morgan fingerprint density at radius 1 is 1.24 bits per heavy atom. The number of hydrogen-bond acceptors (Lipinski definition) is 6. The van der Waals surface area contributed by atoms with E-state index in [-0.39, 0.29) is 18.1 Å². The third kappa shape index (κ3) is 2.81. The number of cyclic esters (lactones) is 1. The largest absolute Gasteiger partial charge is 0.509 e. The molecule has 0 radical (unpaired) electrons. The second kappa shape index (κ2) is 5.89. The van der Waals surface area contributed by atoms with Gasteiger partial charge in [-0.2, -0.15) is 0 Å². The van der Waals surface area contributed by atoms with Crippen LogP contribution in [0, 0.1) is 6.92 Å². The van der Waals surface area contributed by atoms with E-state index in [0.29, 0.717) is 43.2 Å². The Bertz CT molecular complexity index is 770. The molecule has 0 unspecified atom stereocenters. The molecule has 7 heteroatoms. The molecule has 1 aromatic rings. The topological polar surface area (TPSA) is 86.0 Å². The van der Waals surface area contributed by atoms with Gasteiger partial charge >= 0.3 is 11.8 Å². The lowest BCUT2D eigenvalue weighted by molar-refractivity contribution is 0.00267. The van der Waals surface area contributed by atoms with Gasteiger partial charge < -0.3 is 18.8 Å². The summed E-state index contributed by atoms with van der Waals surface area (Å²) in [5.41, 5.74) is -0.401. The Morgan fingerprint density at radius 3 is 2.48 bits per heavy atom. The number of rotatable bonds is 2. The van der Waals surface area contributed by atoms with E-state index in [1.165, 1.54) is 0 Å². The van der Waals surface area contributed by atoms with E-state index in [2.05, 4.69) is 0 Å². The van der Waals surface area contributed by atoms with Crippen LogP contribution >= 0.6 is 0 Å². The second-order valence-electron chi connectivity index (χ2n) is 7.24. The van der Waals surface area contributed by atoms with Gasteiger partial charge in [-0.15, -0.1) is 0 Å². The molecule has 2 saturated heterocycles. The molecule has 2 aliphatic heterocycles. The summed E-state index contributed by atoms with van der Waals surface area (Å²) in [7, 11) is 0. The van der Waals surface area contributed by atoms with Crippen LogP contribution < -0.4 is 5.63 Å². The van der Waals surface area contributed by atoms with Gasteiger partial charge in [-0.05, 0) is 31.4 Å². The number of piperidine rings is 1. The average Bonchev–Trinajstić information content (AvgIpc) is 2.86. The minimum Gasteiger partial charge on any atom is -0.430 e. The monoisotopic (exact) mass is 347 g/mol. The molecule has 0 aromatic carbocycles. The summed E-state index contributed by atoms with van der Waals surface area (Å²) in [5, 5.41) is 0. The van der Waals surface area contributed by atoms with Crippen molar-refractivity contribution in [2.75, 3.05) is 19.7 Å². The van der Waals surface area contributed by atoms with Crippen molar-refractivity contribution in [3.8, 4) is 0 Å². The van der Waals surface area contributed by atoms with Gasteiger partial charge in [0.2, 0.25) is 0 Å². The molecule has 1 aliphatic carbocycles. The first-order chi connectivity index (χ1) is 12.0. The van der Waals surface area contributed by atoms with E-state index in [1.54, 1.807) is 11.8 Å². The van der Waals surface area contributed by atoms with E-state index >= 15 is 0 Å². The predicted molar refractivity (Wildman–Crippen MR) is 86.6 cm³/mol. The van der Waals surface area contributed by atoms with Crippen LogP contribution in [-0.2, 0) is 9.47 Å². The molecule has 0 bridgehead atoms. The third-order valence-corrected chi connectivity index (χ3v) is 5.60. The molecule has 3 aliphatic rings. The first kappa shape index (κ1) is 16.2. The van der Waals surface area contributed by atoms with Crippen LogP contribution in [0.4, 0.5) is 4.79 Å². The van der Waals surface area contributed by atoms with Crippen LogP contribution in [0.5, 0.6) is 0 Å². The number of likely N-dealkylation sites (tertiary alicyclic amines) is 1. The zero-order valence-electron chi connectivity index (χ0n) is 14.2. The maximum atomic E-state index is 12.8. The Hall–Kier alpha value is -2.31. The fourth-order valence-corrected chi connectivity index (χ4v) is 3.73. The Morgan fingerprint density at radius 2 is 1.96 bits per heavy atom. The molecule has 3 fully saturated rings. The van der Waals surface area contributed by atoms with Gasteiger partial charge in [0.15, 0.2) is 5.60 Å². The van der Waals surface area contributed by atoms with Gasteiger partial charge in [0.1, 0.15) is 17.9 Å². The standard InChI is InChI=1S/C18H21NO6/c1-11-9-13(12-3-2-4-12)24-16(21)14(11)15(20)19-7-5-18(6-8-19)10-23-17(22)25-18/h9,12H,2-8,10H2,1H3. The lowest BCUT2D eigenvalue weighted by Crippen LogP contribution is -2.48. The van der Waals surface area contributed by atoms with Crippen molar-refractivity contribution in [3.05, 3.63) is 33.4 Å². The maximum Gasteiger partial charge on any atom is 0.509 e. The smallest absolute Gasteiger partial charge is 0.430 e. The SMILES string of the molecule is Cc1cc(C2CCC2)oc(=O)c1C(=O)N1CCC2(CC1)COC(=O)O2. The number of amides is 1. The van der Waals surface area contributed by atoms with Crippen LogP contribution in [0.1, 0.15) is 59.7 Å². The van der Waals surface area contributed by atoms with Crippen molar-refractivity contribution in [1.82, 2.24) is 4.90 Å². The van der Waals surface area contributed by atoms with Crippen LogP contribution in [0.3, 0.4) is 0 Å². The van der Waals surface area contributed by atoms with Crippen molar-refractivity contribution in [1.29, 1.82) is 0 Å². The summed E-state index contributed by atoms with van der Waals surface area (Å²) in [6.07, 6.45) is 3.58. The fourth-order valence-electron chi connectivity index (χ4n) is 3.73. The normalized spacial score (nSPS) is 22.4. The van der Waals surface area contributed by atoms with Gasteiger partial charge in [-0.3, -0.25) is 4.79 Å². The van der Waals surface area contributed by atoms with Crippen LogP contribution in [-0.4, -0.2) is 42.3 Å². The van der Waals surface area contributed by atoms with Crippen molar-refractivity contribution in [3.63, 3.8) is 0 Å². The lowest BCUT2D eigenvalue weighted by atomic mass is 9.83. The van der Waals surface area contributed by atoms with Crippen LogP contribution in [0.15, 0.2) is 15.3 Å². The van der Waals surface area contributed by atoms with Crippen molar-refractivity contribution in [2.24, 2.45) is 0 Å². The molecule has 4 rings (SSSR count). The van der Waals surface area contributed by atoms with Gasteiger partial charge in [0.25, 0.3) is 5.91 Å². The summed E-state index contributed by atoms with van der Waals surface area (Å²) < 4.78 is 15.6. The van der Waals surface area contributed by atoms with E-state index in [0.717, 1.165) is 19.3 Å². The van der Waals surface area contributed by atoms with Crippen molar-refractivity contribution < 1.29 is 23.5 Å². The lowest BCUT2D eigenvalue weighted by Gasteiger charge is -2.36. The highest BCUT2D eigenvalue weighted by molar-refractivity contribution is 5.95. The van der Waals surface area contributed by atoms with Crippen LogP contribution in [0.2, 0.25) is 0 Å². The Kier molecular flexibility index (Phi) is 3.81. The van der Waals surface area contributed by atoms with E-state index in [9.17, 15) is 14.4 Å². The first-order valence-corrected chi connectivity index (χ1v) is 8.77. The van der Waals surface area contributed by atoms with Gasteiger partial charge in [-0.25, -0.2) is 9.59 Å². The molecular weight excluding hydrogens is 326 g/mol. The average molecular weight is 347 g/mol. The van der Waals surface area contributed by atoms with Crippen molar-refractivity contribution in [2.45, 2.75) is 50.5 Å².